The highest BCUT2D eigenvalue weighted by molar-refractivity contribution is 5.74. The van der Waals surface area contributed by atoms with Gasteiger partial charge in [0, 0.05) is 13.0 Å². The van der Waals surface area contributed by atoms with E-state index in [1.165, 1.54) is 12.1 Å². The van der Waals surface area contributed by atoms with Gasteiger partial charge >= 0.3 is 24.2 Å². The van der Waals surface area contributed by atoms with Gasteiger partial charge in [0.25, 0.3) is 0 Å². The summed E-state index contributed by atoms with van der Waals surface area (Å²) in [4.78, 5) is 48.5. The average Bonchev–Trinajstić information content (AvgIpc) is 2.87. The summed E-state index contributed by atoms with van der Waals surface area (Å²) in [5.41, 5.74) is 0.483. The lowest BCUT2D eigenvalue weighted by Gasteiger charge is -2.20. The predicted octanol–water partition coefficient (Wildman–Crippen LogP) is 5.76. The summed E-state index contributed by atoms with van der Waals surface area (Å²) in [5.74, 6) is -0.796. The third-order valence-corrected chi connectivity index (χ3v) is 6.16. The van der Waals surface area contributed by atoms with Crippen LogP contribution in [0.5, 0.6) is 11.5 Å². The van der Waals surface area contributed by atoms with Gasteiger partial charge in [-0.2, -0.15) is 0 Å². The highest BCUT2D eigenvalue weighted by Gasteiger charge is 2.22. The molecule has 3 atom stereocenters. The number of nitrogens with one attached hydrogen (secondary N) is 1. The maximum absolute atomic E-state index is 12.3. The fraction of sp³-hybridized carbons (Fsp3) is 0.667. The molecule has 2 N–H and O–H groups in total. The molecule has 1 aromatic rings. The molecule has 0 heterocycles. The maximum atomic E-state index is 12.3. The van der Waals surface area contributed by atoms with E-state index in [2.05, 4.69) is 5.32 Å². The van der Waals surface area contributed by atoms with E-state index in [0.29, 0.717) is 36.7 Å². The molecule has 0 aromatic heterocycles. The molecule has 11 nitrogen and oxygen atoms in total. The van der Waals surface area contributed by atoms with Crippen molar-refractivity contribution in [2.45, 2.75) is 92.7 Å². The third kappa shape index (κ3) is 15.9. The number of carboxylic acid groups (broad SMARTS) is 1. The molecular formula is C30H47NO10. The van der Waals surface area contributed by atoms with Gasteiger partial charge in [-0.25, -0.2) is 9.59 Å². The van der Waals surface area contributed by atoms with Crippen LogP contribution in [0.1, 0.15) is 79.7 Å². The van der Waals surface area contributed by atoms with Crippen LogP contribution in [0.3, 0.4) is 0 Å². The normalized spacial score (nSPS) is 13.3. The lowest BCUT2D eigenvalue weighted by Crippen LogP contribution is -2.42. The first-order valence-electron chi connectivity index (χ1n) is 14.3. The fourth-order valence-corrected chi connectivity index (χ4v) is 3.37. The fourth-order valence-electron chi connectivity index (χ4n) is 3.37. The van der Waals surface area contributed by atoms with Gasteiger partial charge in [-0.3, -0.25) is 9.59 Å². The van der Waals surface area contributed by atoms with Crippen LogP contribution in [0.25, 0.3) is 0 Å². The average molecular weight is 582 g/mol. The molecule has 0 radical (unpaired) electrons. The van der Waals surface area contributed by atoms with E-state index in [4.69, 9.17) is 23.7 Å². The number of ether oxygens (including phenoxy) is 5. The minimum atomic E-state index is -1.12. The number of carbonyl (C=O) groups excluding carboxylic acids is 3. The molecule has 0 spiro atoms. The number of rotatable bonds is 18. The Balaban J connectivity index is 2.95. The van der Waals surface area contributed by atoms with Crippen LogP contribution in [-0.2, 0) is 30.2 Å². The van der Waals surface area contributed by atoms with Crippen molar-refractivity contribution >= 4 is 24.2 Å². The van der Waals surface area contributed by atoms with Gasteiger partial charge in [0.1, 0.15) is 12.1 Å². The summed E-state index contributed by atoms with van der Waals surface area (Å²) in [6.07, 6.45) is -0.0400. The third-order valence-electron chi connectivity index (χ3n) is 6.16. The van der Waals surface area contributed by atoms with E-state index in [1.807, 2.05) is 41.5 Å². The van der Waals surface area contributed by atoms with E-state index in [1.54, 1.807) is 13.0 Å². The van der Waals surface area contributed by atoms with Gasteiger partial charge in [0.2, 0.25) is 0 Å². The Morgan fingerprint density at radius 2 is 1.41 bits per heavy atom. The maximum Gasteiger partial charge on any atom is 0.513 e. The van der Waals surface area contributed by atoms with Crippen LogP contribution >= 0.6 is 0 Å². The van der Waals surface area contributed by atoms with E-state index < -0.39 is 30.4 Å². The summed E-state index contributed by atoms with van der Waals surface area (Å²) in [7, 11) is 0. The van der Waals surface area contributed by atoms with Crippen LogP contribution in [0.2, 0.25) is 0 Å². The summed E-state index contributed by atoms with van der Waals surface area (Å²) >= 11 is 0. The molecule has 0 fully saturated rings. The van der Waals surface area contributed by atoms with Crippen LogP contribution < -0.4 is 14.8 Å². The lowest BCUT2D eigenvalue weighted by molar-refractivity contribution is -0.149. The number of hydrogen-bond acceptors (Lipinski definition) is 10. The minimum absolute atomic E-state index is 0.000735. The zero-order valence-electron chi connectivity index (χ0n) is 25.4. The molecule has 232 valence electrons. The van der Waals surface area contributed by atoms with Crippen molar-refractivity contribution < 1.29 is 48.0 Å². The van der Waals surface area contributed by atoms with Gasteiger partial charge in [0.05, 0.1) is 13.2 Å². The molecule has 1 aromatic carbocycles. The number of benzene rings is 1. The minimum Gasteiger partial charge on any atom is -0.480 e. The largest absolute Gasteiger partial charge is 0.513 e. The number of carbonyl (C=O) groups is 4. The Morgan fingerprint density at radius 1 is 0.854 bits per heavy atom. The number of esters is 1. The van der Waals surface area contributed by atoms with Crippen molar-refractivity contribution in [1.82, 2.24) is 5.32 Å². The van der Waals surface area contributed by atoms with Crippen LogP contribution in [0.4, 0.5) is 9.59 Å². The van der Waals surface area contributed by atoms with E-state index in [0.717, 1.165) is 6.42 Å². The highest BCUT2D eigenvalue weighted by Crippen LogP contribution is 2.30. The van der Waals surface area contributed by atoms with Crippen molar-refractivity contribution in [3.63, 3.8) is 0 Å². The summed E-state index contributed by atoms with van der Waals surface area (Å²) < 4.78 is 26.2. The molecular weight excluding hydrogens is 534 g/mol. The smallest absolute Gasteiger partial charge is 0.480 e. The summed E-state index contributed by atoms with van der Waals surface area (Å²) in [6, 6.07) is 3.33. The zero-order chi connectivity index (χ0) is 30.9. The Bertz CT molecular complexity index is 978. The lowest BCUT2D eigenvalue weighted by atomic mass is 10.0. The molecule has 1 rings (SSSR count). The first kappa shape index (κ1) is 35.7. The van der Waals surface area contributed by atoms with Gasteiger partial charge in [-0.05, 0) is 61.6 Å². The second-order valence-corrected chi connectivity index (χ2v) is 11.1. The Kier molecular flexibility index (Phi) is 16.5. The van der Waals surface area contributed by atoms with Crippen LogP contribution in [-0.4, -0.2) is 61.3 Å². The topological polar surface area (TPSA) is 147 Å². The predicted molar refractivity (Wildman–Crippen MR) is 152 cm³/mol. The second-order valence-electron chi connectivity index (χ2n) is 11.1. The quantitative estimate of drug-likeness (QED) is 0.124. The van der Waals surface area contributed by atoms with Crippen molar-refractivity contribution in [3.8, 4) is 11.5 Å². The van der Waals surface area contributed by atoms with Crippen LogP contribution in [0.15, 0.2) is 18.2 Å². The van der Waals surface area contributed by atoms with Crippen molar-refractivity contribution in [2.75, 3.05) is 19.8 Å². The van der Waals surface area contributed by atoms with E-state index in [9.17, 15) is 24.3 Å². The number of aliphatic carboxylic acids is 1. The molecule has 0 saturated heterocycles. The SMILES string of the molecule is CCC(C)CC(=O)OC(C)CN[C@@H](Cc1ccc(OC(=O)OCCC(C)C)c(OC(=O)OCCC(C)C)c1)C(=O)O. The summed E-state index contributed by atoms with van der Waals surface area (Å²) in [5, 5.41) is 12.7. The van der Waals surface area contributed by atoms with E-state index in [-0.39, 0.29) is 49.6 Å². The zero-order valence-corrected chi connectivity index (χ0v) is 25.4. The molecule has 0 aliphatic rings. The first-order valence-corrected chi connectivity index (χ1v) is 14.3. The highest BCUT2D eigenvalue weighted by atomic mass is 16.7. The standard InChI is InChI=1S/C30H47NO10/c1-8-21(6)15-27(32)39-22(7)18-31-24(28(33)34)16-23-9-10-25(40-29(35)37-13-11-19(2)3)26(17-23)41-30(36)38-14-12-20(4)5/h9-10,17,19-22,24,31H,8,11-16,18H2,1-7H3,(H,33,34)/t21?,22?,24-/m0/s1. The molecule has 2 unspecified atom stereocenters. The van der Waals surface area contributed by atoms with Gasteiger partial charge in [-0.15, -0.1) is 0 Å². The molecule has 0 amide bonds. The molecule has 41 heavy (non-hydrogen) atoms. The Morgan fingerprint density at radius 3 is 1.93 bits per heavy atom. The number of carboxylic acids is 1. The van der Waals surface area contributed by atoms with Crippen LogP contribution in [0, 0.1) is 17.8 Å². The second kappa shape index (κ2) is 18.9. The number of hydrogen-bond donors (Lipinski definition) is 2. The Labute approximate surface area is 243 Å². The van der Waals surface area contributed by atoms with Gasteiger partial charge in [-0.1, -0.05) is 54.0 Å². The monoisotopic (exact) mass is 581 g/mol. The van der Waals surface area contributed by atoms with Crippen molar-refractivity contribution in [2.24, 2.45) is 17.8 Å². The van der Waals surface area contributed by atoms with E-state index >= 15 is 0 Å². The summed E-state index contributed by atoms with van der Waals surface area (Å²) in [6.45, 7) is 14.0. The van der Waals surface area contributed by atoms with Gasteiger partial charge < -0.3 is 34.1 Å². The molecule has 0 saturated carbocycles. The molecule has 11 heteroatoms. The van der Waals surface area contributed by atoms with Crippen molar-refractivity contribution in [1.29, 1.82) is 0 Å². The molecule has 0 bridgehead atoms. The molecule has 0 aliphatic heterocycles. The first-order chi connectivity index (χ1) is 19.3. The van der Waals surface area contributed by atoms with Crippen molar-refractivity contribution in [3.05, 3.63) is 23.8 Å². The van der Waals surface area contributed by atoms with Gasteiger partial charge in [0.15, 0.2) is 11.5 Å². The Hall–Kier alpha value is -3.34. The molecule has 0 aliphatic carbocycles.